The van der Waals surface area contributed by atoms with Crippen molar-refractivity contribution in [2.45, 2.75) is 11.4 Å². The molecule has 4 nitrogen and oxygen atoms in total. The molecular weight excluding hydrogens is 496 g/mol. The standard InChI is InChI=1S/C11H9Br3N2O2S2/c12-6-1-2-8(13)9(3-6)16-20(17,18)10-4-7(5-15)19-11(10)14/h1-4,16H,5,15H2. The molecule has 3 N–H and O–H groups in total. The van der Waals surface area contributed by atoms with Gasteiger partial charge in [0.05, 0.1) is 9.47 Å². The van der Waals surface area contributed by atoms with Crippen LogP contribution < -0.4 is 10.5 Å². The molecule has 0 saturated carbocycles. The van der Waals surface area contributed by atoms with Crippen LogP contribution >= 0.6 is 59.1 Å². The third-order valence-corrected chi connectivity index (χ3v) is 7.19. The Labute approximate surface area is 146 Å². The number of nitrogens with one attached hydrogen (secondary N) is 1. The van der Waals surface area contributed by atoms with E-state index in [4.69, 9.17) is 5.73 Å². The normalized spacial score (nSPS) is 11.6. The fourth-order valence-corrected chi connectivity index (χ4v) is 5.93. The quantitative estimate of drug-likeness (QED) is 0.652. The lowest BCUT2D eigenvalue weighted by molar-refractivity contribution is 0.601. The summed E-state index contributed by atoms with van der Waals surface area (Å²) in [5.41, 5.74) is 6.00. The minimum absolute atomic E-state index is 0.190. The van der Waals surface area contributed by atoms with E-state index >= 15 is 0 Å². The first-order chi connectivity index (χ1) is 9.33. The maximum absolute atomic E-state index is 12.4. The van der Waals surface area contributed by atoms with Gasteiger partial charge in [-0.1, -0.05) is 15.9 Å². The molecule has 0 saturated heterocycles. The van der Waals surface area contributed by atoms with Gasteiger partial charge in [-0.2, -0.15) is 0 Å². The van der Waals surface area contributed by atoms with Gasteiger partial charge in [-0.3, -0.25) is 4.72 Å². The largest absolute Gasteiger partial charge is 0.326 e. The molecule has 9 heteroatoms. The molecule has 0 radical (unpaired) electrons. The van der Waals surface area contributed by atoms with Crippen LogP contribution in [0.1, 0.15) is 4.88 Å². The summed E-state index contributed by atoms with van der Waals surface area (Å²) in [5, 5.41) is 0. The van der Waals surface area contributed by atoms with Crippen molar-refractivity contribution in [2.75, 3.05) is 4.72 Å². The number of benzene rings is 1. The molecule has 1 aromatic heterocycles. The Balaban J connectivity index is 2.40. The van der Waals surface area contributed by atoms with Gasteiger partial charge in [0.1, 0.15) is 4.90 Å². The monoisotopic (exact) mass is 502 g/mol. The van der Waals surface area contributed by atoms with Crippen LogP contribution in [-0.2, 0) is 16.6 Å². The van der Waals surface area contributed by atoms with Gasteiger partial charge in [-0.15, -0.1) is 11.3 Å². The minimum atomic E-state index is -3.67. The number of anilines is 1. The first kappa shape index (κ1) is 16.4. The van der Waals surface area contributed by atoms with Crippen molar-refractivity contribution in [3.8, 4) is 0 Å². The lowest BCUT2D eigenvalue weighted by atomic mass is 10.3. The van der Waals surface area contributed by atoms with E-state index in [1.54, 1.807) is 18.2 Å². The van der Waals surface area contributed by atoms with Crippen LogP contribution in [-0.4, -0.2) is 8.42 Å². The van der Waals surface area contributed by atoms with E-state index < -0.39 is 10.0 Å². The van der Waals surface area contributed by atoms with Crippen molar-refractivity contribution in [2.24, 2.45) is 5.73 Å². The van der Waals surface area contributed by atoms with E-state index in [2.05, 4.69) is 52.5 Å². The van der Waals surface area contributed by atoms with Crippen LogP contribution in [0.15, 0.2) is 41.9 Å². The predicted molar refractivity (Wildman–Crippen MR) is 92.6 cm³/mol. The fourth-order valence-electron chi connectivity index (χ4n) is 1.46. The molecule has 1 heterocycles. The van der Waals surface area contributed by atoms with E-state index in [0.717, 1.165) is 9.35 Å². The van der Waals surface area contributed by atoms with Crippen LogP contribution in [0.4, 0.5) is 5.69 Å². The average molecular weight is 505 g/mol. The molecule has 0 aliphatic rings. The molecule has 0 aliphatic heterocycles. The zero-order valence-electron chi connectivity index (χ0n) is 9.86. The minimum Gasteiger partial charge on any atom is -0.326 e. The number of nitrogens with two attached hydrogens (primary N) is 1. The Morgan fingerprint density at radius 1 is 1.20 bits per heavy atom. The van der Waals surface area contributed by atoms with E-state index in [9.17, 15) is 8.42 Å². The van der Waals surface area contributed by atoms with Crippen molar-refractivity contribution in [1.82, 2.24) is 0 Å². The second kappa shape index (κ2) is 6.45. The zero-order valence-corrected chi connectivity index (χ0v) is 16.3. The Hall–Kier alpha value is 0.0700. The predicted octanol–water partition coefficient (Wildman–Crippen LogP) is 4.30. The summed E-state index contributed by atoms with van der Waals surface area (Å²) in [5.74, 6) is 0. The van der Waals surface area contributed by atoms with E-state index in [-0.39, 0.29) is 4.90 Å². The maximum Gasteiger partial charge on any atom is 0.263 e. The first-order valence-corrected chi connectivity index (χ1v) is 9.97. The van der Waals surface area contributed by atoms with Crippen molar-refractivity contribution >= 4 is 74.8 Å². The van der Waals surface area contributed by atoms with Gasteiger partial charge in [-0.05, 0) is 56.1 Å². The number of thiophene rings is 1. The molecule has 0 amide bonds. The Bertz CT molecular complexity index is 744. The van der Waals surface area contributed by atoms with E-state index in [0.29, 0.717) is 20.5 Å². The topological polar surface area (TPSA) is 72.2 Å². The molecule has 108 valence electrons. The SMILES string of the molecule is NCc1cc(S(=O)(=O)Nc2cc(Br)ccc2Br)c(Br)s1. The zero-order chi connectivity index (χ0) is 14.9. The highest BCUT2D eigenvalue weighted by Gasteiger charge is 2.21. The van der Waals surface area contributed by atoms with E-state index in [1.807, 2.05) is 6.07 Å². The van der Waals surface area contributed by atoms with Gasteiger partial charge in [-0.25, -0.2) is 8.42 Å². The number of hydrogen-bond acceptors (Lipinski definition) is 4. The van der Waals surface area contributed by atoms with Crippen LogP contribution in [0.2, 0.25) is 0 Å². The van der Waals surface area contributed by atoms with Crippen LogP contribution in [0.3, 0.4) is 0 Å². The molecule has 2 rings (SSSR count). The summed E-state index contributed by atoms with van der Waals surface area (Å²) in [7, 11) is -3.67. The molecule has 0 atom stereocenters. The van der Waals surface area contributed by atoms with Gasteiger partial charge in [0, 0.05) is 20.4 Å². The number of hydrogen-bond donors (Lipinski definition) is 2. The summed E-state index contributed by atoms with van der Waals surface area (Å²) in [6.45, 7) is 0.305. The molecule has 0 fully saturated rings. The maximum atomic E-state index is 12.4. The smallest absolute Gasteiger partial charge is 0.263 e. The summed E-state index contributed by atoms with van der Waals surface area (Å²) < 4.78 is 29.3. The number of rotatable bonds is 4. The van der Waals surface area contributed by atoms with Gasteiger partial charge in [0.2, 0.25) is 0 Å². The highest BCUT2D eigenvalue weighted by Crippen LogP contribution is 2.34. The van der Waals surface area contributed by atoms with Crippen LogP contribution in [0.5, 0.6) is 0 Å². The molecule has 0 aliphatic carbocycles. The number of sulfonamides is 1. The lowest BCUT2D eigenvalue weighted by Gasteiger charge is -2.09. The van der Waals surface area contributed by atoms with E-state index in [1.165, 1.54) is 11.3 Å². The van der Waals surface area contributed by atoms with Crippen molar-refractivity contribution in [3.05, 3.63) is 41.9 Å². The van der Waals surface area contributed by atoms with Gasteiger partial charge in [0.25, 0.3) is 10.0 Å². The summed E-state index contributed by atoms with van der Waals surface area (Å²) >= 11 is 11.2. The van der Waals surface area contributed by atoms with Crippen molar-refractivity contribution in [1.29, 1.82) is 0 Å². The Kier molecular flexibility index (Phi) is 5.30. The average Bonchev–Trinajstić information content (AvgIpc) is 2.76. The molecule has 0 spiro atoms. The third kappa shape index (κ3) is 3.63. The van der Waals surface area contributed by atoms with Gasteiger partial charge in [0.15, 0.2) is 0 Å². The summed E-state index contributed by atoms with van der Waals surface area (Å²) in [4.78, 5) is 0.986. The second-order valence-corrected chi connectivity index (χ2v) is 9.66. The van der Waals surface area contributed by atoms with Gasteiger partial charge < -0.3 is 5.73 Å². The molecule has 0 bridgehead atoms. The Morgan fingerprint density at radius 2 is 1.90 bits per heavy atom. The molecular formula is C11H9Br3N2O2S2. The van der Waals surface area contributed by atoms with Crippen molar-refractivity contribution < 1.29 is 8.42 Å². The van der Waals surface area contributed by atoms with Crippen LogP contribution in [0.25, 0.3) is 0 Å². The Morgan fingerprint density at radius 3 is 2.50 bits per heavy atom. The van der Waals surface area contributed by atoms with Crippen molar-refractivity contribution in [3.63, 3.8) is 0 Å². The van der Waals surface area contributed by atoms with Gasteiger partial charge >= 0.3 is 0 Å². The molecule has 20 heavy (non-hydrogen) atoms. The second-order valence-electron chi connectivity index (χ2n) is 3.78. The highest BCUT2D eigenvalue weighted by molar-refractivity contribution is 9.11. The summed E-state index contributed by atoms with van der Waals surface area (Å²) in [6.07, 6.45) is 0. The third-order valence-electron chi connectivity index (χ3n) is 2.37. The molecule has 0 unspecified atom stereocenters. The lowest BCUT2D eigenvalue weighted by Crippen LogP contribution is -2.13. The first-order valence-electron chi connectivity index (χ1n) is 5.29. The molecule has 1 aromatic carbocycles. The number of halogens is 3. The molecule has 2 aromatic rings. The highest BCUT2D eigenvalue weighted by atomic mass is 79.9. The summed E-state index contributed by atoms with van der Waals surface area (Å²) in [6, 6.07) is 6.83. The fraction of sp³-hybridized carbons (Fsp3) is 0.0909. The van der Waals surface area contributed by atoms with Crippen LogP contribution in [0, 0.1) is 0 Å².